The van der Waals surface area contributed by atoms with Gasteiger partial charge in [0.15, 0.2) is 0 Å². The van der Waals surface area contributed by atoms with Gasteiger partial charge in [-0.05, 0) is 26.0 Å². The maximum absolute atomic E-state index is 9.41. The number of rotatable bonds is 4. The molecule has 0 aliphatic heterocycles. The molecule has 0 radical (unpaired) electrons. The second kappa shape index (κ2) is 11.6. The maximum Gasteiger partial charge on any atom is 0.243 e. The van der Waals surface area contributed by atoms with E-state index in [1.54, 1.807) is 0 Å². The van der Waals surface area contributed by atoms with Crippen LogP contribution in [0.3, 0.4) is 0 Å². The van der Waals surface area contributed by atoms with E-state index in [0.29, 0.717) is 12.2 Å². The van der Waals surface area contributed by atoms with Crippen LogP contribution in [-0.2, 0) is 36.8 Å². The standard InChI is InChI=1S/2C6H11N2.C4H4O4/c2*1-3-8-5-4-7(2)6-8;5-3(6)1-2-4(7)8/h2*4-6H,3H2,1-2H3;1-2H,(H,5,6)(H,7,8)/q2*+1;/p-2/b;;2-1+. The Labute approximate surface area is 141 Å². The minimum Gasteiger partial charge on any atom is -0.545 e. The van der Waals surface area contributed by atoms with E-state index in [2.05, 4.69) is 48.0 Å². The Morgan fingerprint density at radius 1 is 0.875 bits per heavy atom. The number of imidazole rings is 2. The normalized spacial score (nSPS) is 9.67. The number of carboxylic acid groups (broad SMARTS) is 2. The van der Waals surface area contributed by atoms with Gasteiger partial charge in [-0.1, -0.05) is 0 Å². The molecule has 0 spiro atoms. The molecule has 0 bridgehead atoms. The monoisotopic (exact) mass is 336 g/mol. The molecule has 24 heavy (non-hydrogen) atoms. The highest BCUT2D eigenvalue weighted by atomic mass is 16.4. The lowest BCUT2D eigenvalue weighted by Gasteiger charge is -1.90. The SMILES string of the molecule is CCn1cc[n+](C)c1.CCn1cc[n+](C)c1.O=C([O-])/C=C/C(=O)[O-]. The highest BCUT2D eigenvalue weighted by molar-refractivity contribution is 5.87. The maximum atomic E-state index is 9.41. The fourth-order valence-corrected chi connectivity index (χ4v) is 1.51. The second-order valence-electron chi connectivity index (χ2n) is 4.79. The Morgan fingerprint density at radius 3 is 1.33 bits per heavy atom. The molecule has 0 aliphatic rings. The van der Waals surface area contributed by atoms with Crippen molar-refractivity contribution < 1.29 is 28.9 Å². The van der Waals surface area contributed by atoms with Crippen LogP contribution >= 0.6 is 0 Å². The summed E-state index contributed by atoms with van der Waals surface area (Å²) >= 11 is 0. The predicted octanol–water partition coefficient (Wildman–Crippen LogP) is -2.29. The van der Waals surface area contributed by atoms with Gasteiger partial charge < -0.3 is 19.8 Å². The Morgan fingerprint density at radius 2 is 1.21 bits per heavy atom. The van der Waals surface area contributed by atoms with Gasteiger partial charge in [-0.3, -0.25) is 0 Å². The molecule has 0 saturated heterocycles. The summed E-state index contributed by atoms with van der Waals surface area (Å²) < 4.78 is 8.31. The highest BCUT2D eigenvalue weighted by Crippen LogP contribution is 1.79. The Hall–Kier alpha value is -2.90. The quantitative estimate of drug-likeness (QED) is 0.463. The first-order valence-corrected chi connectivity index (χ1v) is 7.40. The minimum atomic E-state index is -1.55. The van der Waals surface area contributed by atoms with Gasteiger partial charge in [0.25, 0.3) is 0 Å². The van der Waals surface area contributed by atoms with Crippen LogP contribution in [0.1, 0.15) is 13.8 Å². The lowest BCUT2D eigenvalue weighted by atomic mass is 10.5. The van der Waals surface area contributed by atoms with Crippen molar-refractivity contribution in [1.82, 2.24) is 9.13 Å². The fourth-order valence-electron chi connectivity index (χ4n) is 1.51. The van der Waals surface area contributed by atoms with Gasteiger partial charge in [0.2, 0.25) is 12.7 Å². The van der Waals surface area contributed by atoms with Crippen LogP contribution in [0.5, 0.6) is 0 Å². The first-order valence-electron chi connectivity index (χ1n) is 7.40. The molecule has 2 heterocycles. The van der Waals surface area contributed by atoms with E-state index in [-0.39, 0.29) is 0 Å². The number of hydrogen-bond acceptors (Lipinski definition) is 4. The lowest BCUT2D eigenvalue weighted by molar-refractivity contribution is -0.671. The van der Waals surface area contributed by atoms with Crippen molar-refractivity contribution in [3.8, 4) is 0 Å². The molecular formula is C16H24N4O4. The third-order valence-electron chi connectivity index (χ3n) is 2.73. The first-order chi connectivity index (χ1) is 11.3. The van der Waals surface area contributed by atoms with Gasteiger partial charge in [0.05, 0.1) is 39.1 Å². The summed E-state index contributed by atoms with van der Waals surface area (Å²) in [7, 11) is 4.04. The van der Waals surface area contributed by atoms with Crippen molar-refractivity contribution in [2.45, 2.75) is 26.9 Å². The van der Waals surface area contributed by atoms with Crippen LogP contribution in [-0.4, -0.2) is 21.1 Å². The van der Waals surface area contributed by atoms with Gasteiger partial charge in [-0.2, -0.15) is 0 Å². The molecule has 0 aromatic carbocycles. The van der Waals surface area contributed by atoms with E-state index in [0.717, 1.165) is 13.1 Å². The molecule has 0 saturated carbocycles. The van der Waals surface area contributed by atoms with Crippen molar-refractivity contribution in [1.29, 1.82) is 0 Å². The number of aromatic nitrogens is 4. The van der Waals surface area contributed by atoms with E-state index in [4.69, 9.17) is 0 Å². The molecular weight excluding hydrogens is 312 g/mol. The predicted molar refractivity (Wildman–Crippen MR) is 81.7 cm³/mol. The van der Waals surface area contributed by atoms with E-state index < -0.39 is 11.9 Å². The zero-order valence-corrected chi connectivity index (χ0v) is 14.5. The number of hydrogen-bond donors (Lipinski definition) is 0. The summed E-state index contributed by atoms with van der Waals surface area (Å²) in [5.74, 6) is -3.09. The van der Waals surface area contributed by atoms with Gasteiger partial charge >= 0.3 is 0 Å². The van der Waals surface area contributed by atoms with E-state index >= 15 is 0 Å². The number of aryl methyl sites for hydroxylation is 4. The number of carbonyl (C=O) groups is 2. The molecule has 2 aromatic heterocycles. The highest BCUT2D eigenvalue weighted by Gasteiger charge is 1.93. The molecule has 0 unspecified atom stereocenters. The summed E-state index contributed by atoms with van der Waals surface area (Å²) in [5, 5.41) is 18.8. The number of nitrogens with zero attached hydrogens (tertiary/aromatic N) is 4. The lowest BCUT2D eigenvalue weighted by Crippen LogP contribution is -2.23. The van der Waals surface area contributed by atoms with E-state index in [9.17, 15) is 19.8 Å². The molecule has 0 N–H and O–H groups in total. The van der Waals surface area contributed by atoms with Crippen LogP contribution in [0.15, 0.2) is 49.6 Å². The average Bonchev–Trinajstić information content (AvgIpc) is 3.14. The number of carboxylic acids is 2. The Kier molecular flexibility index (Phi) is 10.2. The van der Waals surface area contributed by atoms with Crippen LogP contribution < -0.4 is 19.3 Å². The smallest absolute Gasteiger partial charge is 0.243 e. The van der Waals surface area contributed by atoms with E-state index in [1.807, 2.05) is 35.6 Å². The topological polar surface area (TPSA) is 97.9 Å². The van der Waals surface area contributed by atoms with Crippen LogP contribution in [0.2, 0.25) is 0 Å². The van der Waals surface area contributed by atoms with Crippen molar-refractivity contribution >= 4 is 11.9 Å². The van der Waals surface area contributed by atoms with Gasteiger partial charge in [-0.25, -0.2) is 18.3 Å². The Balaban J connectivity index is 0.000000331. The molecule has 8 heteroatoms. The molecule has 2 rings (SSSR count). The van der Waals surface area contributed by atoms with Gasteiger partial charge in [0.1, 0.15) is 24.8 Å². The third kappa shape index (κ3) is 10.8. The largest absolute Gasteiger partial charge is 0.545 e. The number of carbonyl (C=O) groups excluding carboxylic acids is 2. The molecule has 2 aromatic rings. The average molecular weight is 336 g/mol. The molecule has 132 valence electrons. The fraction of sp³-hybridized carbons (Fsp3) is 0.375. The molecule has 0 atom stereocenters. The van der Waals surface area contributed by atoms with E-state index in [1.165, 1.54) is 0 Å². The first kappa shape index (κ1) is 21.1. The van der Waals surface area contributed by atoms with Crippen molar-refractivity contribution in [3.05, 3.63) is 49.6 Å². The molecule has 0 amide bonds. The summed E-state index contributed by atoms with van der Waals surface area (Å²) in [5.41, 5.74) is 0. The summed E-state index contributed by atoms with van der Waals surface area (Å²) in [6.45, 7) is 6.36. The minimum absolute atomic E-state index is 0.384. The molecule has 0 aliphatic carbocycles. The van der Waals surface area contributed by atoms with Gasteiger partial charge in [0, 0.05) is 0 Å². The molecule has 8 nitrogen and oxygen atoms in total. The van der Waals surface area contributed by atoms with Gasteiger partial charge in [-0.15, -0.1) is 0 Å². The van der Waals surface area contributed by atoms with Crippen LogP contribution in [0.4, 0.5) is 0 Å². The zero-order chi connectivity index (χ0) is 18.5. The van der Waals surface area contributed by atoms with Crippen molar-refractivity contribution in [3.63, 3.8) is 0 Å². The zero-order valence-electron chi connectivity index (χ0n) is 14.5. The summed E-state index contributed by atoms with van der Waals surface area (Å²) in [4.78, 5) is 18.8. The summed E-state index contributed by atoms with van der Waals surface area (Å²) in [6, 6.07) is 0. The Bertz CT molecular complexity index is 602. The molecule has 0 fully saturated rings. The second-order valence-corrected chi connectivity index (χ2v) is 4.79. The van der Waals surface area contributed by atoms with Crippen molar-refractivity contribution in [2.75, 3.05) is 0 Å². The third-order valence-corrected chi connectivity index (χ3v) is 2.73. The van der Waals surface area contributed by atoms with Crippen molar-refractivity contribution in [2.24, 2.45) is 14.1 Å². The number of aliphatic carboxylic acids is 2. The summed E-state index contributed by atoms with van der Waals surface area (Å²) in [6.07, 6.45) is 13.1. The van der Waals surface area contributed by atoms with Crippen LogP contribution in [0.25, 0.3) is 0 Å². The van der Waals surface area contributed by atoms with Crippen LogP contribution in [0, 0.1) is 0 Å².